The summed E-state index contributed by atoms with van der Waals surface area (Å²) in [5.41, 5.74) is 0. The van der Waals surface area contributed by atoms with Crippen LogP contribution in [0.4, 0.5) is 0 Å². The molecule has 0 aliphatic carbocycles. The second kappa shape index (κ2) is 39.4. The molecule has 2 saturated heterocycles. The molecule has 11 atom stereocenters. The second-order valence-electron chi connectivity index (χ2n) is 18.3. The zero-order valence-electron chi connectivity index (χ0n) is 41.1. The van der Waals surface area contributed by atoms with Gasteiger partial charge in [0, 0.05) is 12.8 Å². The molecule has 67 heavy (non-hydrogen) atoms. The number of carbonyl (C=O) groups excluding carboxylic acids is 2. The van der Waals surface area contributed by atoms with Gasteiger partial charge in [-0.2, -0.15) is 0 Å². The van der Waals surface area contributed by atoms with Crippen LogP contribution in [0.1, 0.15) is 187 Å². The van der Waals surface area contributed by atoms with Crippen LogP contribution in [-0.4, -0.2) is 142 Å². The van der Waals surface area contributed by atoms with Crippen molar-refractivity contribution in [2.75, 3.05) is 26.4 Å². The molecule has 0 radical (unpaired) electrons. The van der Waals surface area contributed by atoms with E-state index < -0.39 is 99.3 Å². The third kappa shape index (κ3) is 27.6. The number of hydrogen-bond donors (Lipinski definition) is 7. The highest BCUT2D eigenvalue weighted by molar-refractivity contribution is 5.70. The molecule has 0 spiro atoms. The van der Waals surface area contributed by atoms with Crippen LogP contribution >= 0.6 is 0 Å². The quantitative estimate of drug-likeness (QED) is 0.0181. The number of hydrogen-bond acceptors (Lipinski definition) is 15. The first kappa shape index (κ1) is 60.8. The molecule has 2 aliphatic rings. The molecule has 0 amide bonds. The Kier molecular flexibility index (Phi) is 35.8. The van der Waals surface area contributed by atoms with Crippen LogP contribution in [0.3, 0.4) is 0 Å². The van der Waals surface area contributed by atoms with Crippen molar-refractivity contribution in [2.45, 2.75) is 255 Å². The van der Waals surface area contributed by atoms with Crippen molar-refractivity contribution < 1.29 is 73.8 Å². The monoisotopic (exact) mass is 957 g/mol. The van der Waals surface area contributed by atoms with Crippen molar-refractivity contribution in [1.29, 1.82) is 0 Å². The van der Waals surface area contributed by atoms with Crippen molar-refractivity contribution in [1.82, 2.24) is 0 Å². The van der Waals surface area contributed by atoms with Crippen molar-refractivity contribution >= 4 is 11.9 Å². The summed E-state index contributed by atoms with van der Waals surface area (Å²) in [4.78, 5) is 25.7. The van der Waals surface area contributed by atoms with Gasteiger partial charge in [-0.1, -0.05) is 153 Å². The number of rotatable bonds is 40. The number of aliphatic hydroxyl groups is 7. The Morgan fingerprint density at radius 2 is 0.925 bits per heavy atom. The largest absolute Gasteiger partial charge is 0.462 e. The summed E-state index contributed by atoms with van der Waals surface area (Å²) in [6.07, 6.45) is 24.8. The molecule has 2 fully saturated rings. The summed E-state index contributed by atoms with van der Waals surface area (Å²) < 4.78 is 33.5. The molecule has 2 rings (SSSR count). The van der Waals surface area contributed by atoms with E-state index in [4.69, 9.17) is 28.4 Å². The van der Waals surface area contributed by atoms with Crippen molar-refractivity contribution in [3.05, 3.63) is 36.5 Å². The van der Waals surface area contributed by atoms with Crippen molar-refractivity contribution in [3.63, 3.8) is 0 Å². The minimum atomic E-state index is -1.77. The minimum Gasteiger partial charge on any atom is -0.462 e. The molecule has 0 aromatic carbocycles. The summed E-state index contributed by atoms with van der Waals surface area (Å²) >= 11 is 0. The lowest BCUT2D eigenvalue weighted by molar-refractivity contribution is -0.332. The van der Waals surface area contributed by atoms with E-state index in [9.17, 15) is 45.3 Å². The molecule has 7 N–H and O–H groups in total. The highest BCUT2D eigenvalue weighted by atomic mass is 16.7. The third-order valence-electron chi connectivity index (χ3n) is 12.4. The summed E-state index contributed by atoms with van der Waals surface area (Å²) in [5, 5.41) is 72.0. The van der Waals surface area contributed by atoms with Gasteiger partial charge in [-0.25, -0.2) is 0 Å². The number of carbonyl (C=O) groups is 2. The summed E-state index contributed by atoms with van der Waals surface area (Å²) in [5.74, 6) is -1.01. The fourth-order valence-corrected chi connectivity index (χ4v) is 8.03. The van der Waals surface area contributed by atoms with Crippen LogP contribution in [0.2, 0.25) is 0 Å². The number of esters is 2. The zero-order valence-corrected chi connectivity index (χ0v) is 41.1. The lowest BCUT2D eigenvalue weighted by atomic mass is 9.98. The molecule has 0 bridgehead atoms. The Bertz CT molecular complexity index is 1310. The minimum absolute atomic E-state index is 0.0579. The highest BCUT2D eigenvalue weighted by Gasteiger charge is 2.47. The molecule has 2 heterocycles. The van der Waals surface area contributed by atoms with Gasteiger partial charge in [-0.3, -0.25) is 9.59 Å². The summed E-state index contributed by atoms with van der Waals surface area (Å²) in [7, 11) is 0. The van der Waals surface area contributed by atoms with Gasteiger partial charge in [0.15, 0.2) is 18.7 Å². The van der Waals surface area contributed by atoms with Gasteiger partial charge < -0.3 is 64.2 Å². The lowest BCUT2D eigenvalue weighted by Gasteiger charge is -2.42. The van der Waals surface area contributed by atoms with E-state index in [-0.39, 0.29) is 19.4 Å². The predicted molar refractivity (Wildman–Crippen MR) is 257 cm³/mol. The topological polar surface area (TPSA) is 231 Å². The van der Waals surface area contributed by atoms with Crippen LogP contribution in [0.15, 0.2) is 36.5 Å². The highest BCUT2D eigenvalue weighted by Crippen LogP contribution is 2.26. The van der Waals surface area contributed by atoms with Gasteiger partial charge in [-0.15, -0.1) is 0 Å². The maximum atomic E-state index is 12.9. The lowest BCUT2D eigenvalue weighted by Crippen LogP contribution is -2.61. The third-order valence-corrected chi connectivity index (χ3v) is 12.4. The van der Waals surface area contributed by atoms with Crippen LogP contribution in [0.25, 0.3) is 0 Å². The normalized spacial score (nSPS) is 26.2. The van der Waals surface area contributed by atoms with E-state index in [1.165, 1.54) is 96.3 Å². The fourth-order valence-electron chi connectivity index (χ4n) is 8.03. The van der Waals surface area contributed by atoms with E-state index in [0.29, 0.717) is 12.8 Å². The average molecular weight is 957 g/mol. The van der Waals surface area contributed by atoms with E-state index >= 15 is 0 Å². The molecule has 390 valence electrons. The molecule has 2 aliphatic heterocycles. The molecule has 5 unspecified atom stereocenters. The molecular formula is C52H92O15. The molecule has 15 nitrogen and oxygen atoms in total. The van der Waals surface area contributed by atoms with E-state index in [0.717, 1.165) is 51.4 Å². The van der Waals surface area contributed by atoms with E-state index in [2.05, 4.69) is 38.2 Å². The van der Waals surface area contributed by atoms with E-state index in [1.807, 2.05) is 12.2 Å². The van der Waals surface area contributed by atoms with Gasteiger partial charge in [-0.05, 0) is 57.8 Å². The first-order valence-corrected chi connectivity index (χ1v) is 26.1. The standard InChI is InChI=1S/C52H92O15/c1-3-5-7-9-11-13-15-17-18-19-20-21-23-24-26-28-30-32-34-43(54)62-37-40(65-44(55)35-33-31-29-27-25-22-16-14-12-10-8-6-4-2)38-63-51-50(61)48(59)46(57)42(67-51)39-64-52-49(60)47(58)45(56)41(36-53)66-52/h20-22,25,29,31,40-42,45-53,56-61H,3-19,23-24,26-28,30,32-39H2,1-2H3/b21-20+,25-22+,31-29+/t40?,41-,42-,45+,46+,47?,48?,49?,50?,51-,52-/m1/s1. The maximum absolute atomic E-state index is 12.9. The number of aliphatic hydroxyl groups excluding tert-OH is 7. The Labute approximate surface area is 402 Å². The average Bonchev–Trinajstić information content (AvgIpc) is 3.32. The van der Waals surface area contributed by atoms with Gasteiger partial charge in [0.1, 0.15) is 55.4 Å². The first-order valence-electron chi connectivity index (χ1n) is 26.1. The molecule has 0 aromatic heterocycles. The Hall–Kier alpha value is -2.28. The predicted octanol–water partition coefficient (Wildman–Crippen LogP) is 7.32. The second-order valence-corrected chi connectivity index (χ2v) is 18.3. The molecule has 0 aromatic rings. The van der Waals surface area contributed by atoms with Gasteiger partial charge >= 0.3 is 11.9 Å². The Balaban J connectivity index is 1.82. The Morgan fingerprint density at radius 1 is 0.478 bits per heavy atom. The van der Waals surface area contributed by atoms with Crippen molar-refractivity contribution in [3.8, 4) is 0 Å². The van der Waals surface area contributed by atoms with Crippen LogP contribution in [0, 0.1) is 0 Å². The van der Waals surface area contributed by atoms with Crippen LogP contribution in [0.5, 0.6) is 0 Å². The van der Waals surface area contributed by atoms with Gasteiger partial charge in [0.25, 0.3) is 0 Å². The Morgan fingerprint density at radius 3 is 1.46 bits per heavy atom. The zero-order chi connectivity index (χ0) is 48.9. The molecular weight excluding hydrogens is 865 g/mol. The van der Waals surface area contributed by atoms with E-state index in [1.54, 1.807) is 0 Å². The SMILES string of the molecule is CCCCCCCC/C=C/C/C=C/CCC(=O)OC(COC(=O)CCCCCCC/C=C/CCCCCCCCCCC)CO[C@@H]1O[C@H](CO[C@@H]2O[C@H](CO)[C@H](O)C(O)C2O)[C@H](O)C(O)C1O. The van der Waals surface area contributed by atoms with Gasteiger partial charge in [0.05, 0.1) is 19.8 Å². The van der Waals surface area contributed by atoms with Crippen molar-refractivity contribution in [2.24, 2.45) is 0 Å². The van der Waals surface area contributed by atoms with Crippen LogP contribution < -0.4 is 0 Å². The van der Waals surface area contributed by atoms with Crippen LogP contribution in [-0.2, 0) is 38.0 Å². The summed E-state index contributed by atoms with van der Waals surface area (Å²) in [6, 6.07) is 0. The number of ether oxygens (including phenoxy) is 6. The number of unbranched alkanes of at least 4 members (excludes halogenated alkanes) is 20. The smallest absolute Gasteiger partial charge is 0.306 e. The summed E-state index contributed by atoms with van der Waals surface area (Å²) in [6.45, 7) is 2.51. The number of allylic oxidation sites excluding steroid dienone is 6. The fraction of sp³-hybridized carbons (Fsp3) is 0.846. The first-order chi connectivity index (χ1) is 32.5. The molecule has 0 saturated carbocycles. The molecule has 15 heteroatoms. The maximum Gasteiger partial charge on any atom is 0.306 e. The van der Waals surface area contributed by atoms with Gasteiger partial charge in [0.2, 0.25) is 0 Å².